The zero-order chi connectivity index (χ0) is 20.3. The summed E-state index contributed by atoms with van der Waals surface area (Å²) in [5.74, 6) is -0.115. The minimum absolute atomic E-state index is 0.0247. The maximum Gasteiger partial charge on any atom is 0.238 e. The highest BCUT2D eigenvalue weighted by molar-refractivity contribution is 7.92. The lowest BCUT2D eigenvalue weighted by atomic mass is 10.0. The van der Waals surface area contributed by atoms with Crippen molar-refractivity contribution in [3.8, 4) is 5.75 Å². The van der Waals surface area contributed by atoms with Crippen molar-refractivity contribution < 1.29 is 22.7 Å². The summed E-state index contributed by atoms with van der Waals surface area (Å²) < 4.78 is 31.2. The quantitative estimate of drug-likeness (QED) is 0.800. The van der Waals surface area contributed by atoms with E-state index in [1.807, 2.05) is 24.3 Å². The minimum atomic E-state index is -3.87. The van der Waals surface area contributed by atoms with E-state index in [-0.39, 0.29) is 16.8 Å². The van der Waals surface area contributed by atoms with Crippen LogP contribution in [0.4, 0.5) is 5.69 Å². The van der Waals surface area contributed by atoms with E-state index in [0.717, 1.165) is 5.56 Å². The van der Waals surface area contributed by atoms with Crippen molar-refractivity contribution in [3.05, 3.63) is 54.1 Å². The topological polar surface area (TPSA) is 102 Å². The van der Waals surface area contributed by atoms with Crippen LogP contribution in [0.5, 0.6) is 5.75 Å². The third-order valence-electron chi connectivity index (χ3n) is 4.61. The van der Waals surface area contributed by atoms with Crippen molar-refractivity contribution in [2.45, 2.75) is 36.5 Å². The molecule has 1 aliphatic rings. The SMILES string of the molecule is CC(=O)Nc1ccc(S(=O)(=O)[C@H](C)C(=O)N[C@H]2CCOc3ccccc32)cc1. The van der Waals surface area contributed by atoms with Gasteiger partial charge in [0.05, 0.1) is 17.5 Å². The molecule has 0 saturated carbocycles. The Labute approximate surface area is 164 Å². The smallest absolute Gasteiger partial charge is 0.238 e. The van der Waals surface area contributed by atoms with Crippen molar-refractivity contribution in [2.24, 2.45) is 0 Å². The lowest BCUT2D eigenvalue weighted by molar-refractivity contribution is -0.121. The third kappa shape index (κ3) is 4.17. The molecular formula is C20H22N2O5S. The number of anilines is 1. The lowest BCUT2D eigenvalue weighted by Gasteiger charge is -2.27. The van der Waals surface area contributed by atoms with Gasteiger partial charge in [-0.15, -0.1) is 0 Å². The number of carbonyl (C=O) groups is 2. The first kappa shape index (κ1) is 19.9. The van der Waals surface area contributed by atoms with Crippen LogP contribution in [-0.2, 0) is 19.4 Å². The summed E-state index contributed by atoms with van der Waals surface area (Å²) in [6.07, 6.45) is 0.570. The van der Waals surface area contributed by atoms with E-state index in [4.69, 9.17) is 4.74 Å². The van der Waals surface area contributed by atoms with Gasteiger partial charge in [-0.05, 0) is 37.3 Å². The molecule has 1 aliphatic heterocycles. The molecule has 1 heterocycles. The largest absolute Gasteiger partial charge is 0.493 e. The number of hydrogen-bond donors (Lipinski definition) is 2. The molecule has 2 N–H and O–H groups in total. The van der Waals surface area contributed by atoms with Crippen molar-refractivity contribution in [2.75, 3.05) is 11.9 Å². The molecule has 8 heteroatoms. The molecule has 0 radical (unpaired) electrons. The molecule has 0 spiro atoms. The van der Waals surface area contributed by atoms with Gasteiger partial charge in [0.15, 0.2) is 9.84 Å². The van der Waals surface area contributed by atoms with Crippen LogP contribution in [0.2, 0.25) is 0 Å². The van der Waals surface area contributed by atoms with E-state index < -0.39 is 21.0 Å². The number of para-hydroxylation sites is 1. The second kappa shape index (κ2) is 8.02. The summed E-state index contributed by atoms with van der Waals surface area (Å²) in [4.78, 5) is 23.8. The van der Waals surface area contributed by atoms with Crippen LogP contribution >= 0.6 is 0 Å². The van der Waals surface area contributed by atoms with Gasteiger partial charge < -0.3 is 15.4 Å². The first-order valence-corrected chi connectivity index (χ1v) is 10.5. The molecule has 0 saturated heterocycles. The number of nitrogens with one attached hydrogen (secondary N) is 2. The second-order valence-corrected chi connectivity index (χ2v) is 8.90. The van der Waals surface area contributed by atoms with Crippen molar-refractivity contribution in [1.82, 2.24) is 5.32 Å². The van der Waals surface area contributed by atoms with Gasteiger partial charge in [0, 0.05) is 24.6 Å². The molecule has 0 aromatic heterocycles. The zero-order valence-corrected chi connectivity index (χ0v) is 16.5. The molecule has 2 aromatic carbocycles. The van der Waals surface area contributed by atoms with Crippen LogP contribution in [-0.4, -0.2) is 32.1 Å². The van der Waals surface area contributed by atoms with E-state index in [2.05, 4.69) is 10.6 Å². The number of fused-ring (bicyclic) bond motifs is 1. The Morgan fingerprint density at radius 3 is 2.46 bits per heavy atom. The number of ether oxygens (including phenoxy) is 1. The average molecular weight is 402 g/mol. The molecule has 2 atom stereocenters. The molecule has 0 unspecified atom stereocenters. The lowest BCUT2D eigenvalue weighted by Crippen LogP contribution is -2.41. The number of sulfone groups is 1. The predicted molar refractivity (Wildman–Crippen MR) is 105 cm³/mol. The van der Waals surface area contributed by atoms with Crippen LogP contribution in [0, 0.1) is 0 Å². The summed E-state index contributed by atoms with van der Waals surface area (Å²) in [5, 5.41) is 4.15. The number of rotatable bonds is 5. The van der Waals surface area contributed by atoms with E-state index in [0.29, 0.717) is 24.5 Å². The maximum absolute atomic E-state index is 12.8. The molecule has 0 aliphatic carbocycles. The Balaban J connectivity index is 1.74. The first-order valence-electron chi connectivity index (χ1n) is 8.92. The summed E-state index contributed by atoms with van der Waals surface area (Å²) >= 11 is 0. The Hall–Kier alpha value is -2.87. The molecule has 0 fully saturated rings. The Bertz CT molecular complexity index is 986. The maximum atomic E-state index is 12.8. The number of hydrogen-bond acceptors (Lipinski definition) is 5. The van der Waals surface area contributed by atoms with Gasteiger partial charge in [-0.1, -0.05) is 18.2 Å². The van der Waals surface area contributed by atoms with Gasteiger partial charge >= 0.3 is 0 Å². The van der Waals surface area contributed by atoms with Crippen molar-refractivity contribution in [1.29, 1.82) is 0 Å². The zero-order valence-electron chi connectivity index (χ0n) is 15.6. The molecule has 148 valence electrons. The van der Waals surface area contributed by atoms with E-state index in [1.54, 1.807) is 0 Å². The molecule has 0 bridgehead atoms. The highest BCUT2D eigenvalue weighted by Gasteiger charge is 2.32. The Morgan fingerprint density at radius 2 is 1.79 bits per heavy atom. The van der Waals surface area contributed by atoms with E-state index in [1.165, 1.54) is 38.1 Å². The molecule has 3 rings (SSSR count). The molecule has 2 aromatic rings. The van der Waals surface area contributed by atoms with Crippen molar-refractivity contribution in [3.63, 3.8) is 0 Å². The highest BCUT2D eigenvalue weighted by atomic mass is 32.2. The van der Waals surface area contributed by atoms with Crippen LogP contribution < -0.4 is 15.4 Å². The van der Waals surface area contributed by atoms with Crippen LogP contribution in [0.3, 0.4) is 0 Å². The molecular weight excluding hydrogens is 380 g/mol. The number of amides is 2. The van der Waals surface area contributed by atoms with Gasteiger partial charge in [-0.25, -0.2) is 8.42 Å². The monoisotopic (exact) mass is 402 g/mol. The van der Waals surface area contributed by atoms with Gasteiger partial charge in [0.25, 0.3) is 0 Å². The van der Waals surface area contributed by atoms with E-state index in [9.17, 15) is 18.0 Å². The fourth-order valence-corrected chi connectivity index (χ4v) is 4.33. The Morgan fingerprint density at radius 1 is 1.11 bits per heavy atom. The van der Waals surface area contributed by atoms with Crippen LogP contribution in [0.1, 0.15) is 31.9 Å². The average Bonchev–Trinajstić information content (AvgIpc) is 2.67. The Kier molecular flexibility index (Phi) is 5.69. The first-order chi connectivity index (χ1) is 13.3. The van der Waals surface area contributed by atoms with Gasteiger partial charge in [0.1, 0.15) is 11.0 Å². The normalized spacial score (nSPS) is 17.0. The summed E-state index contributed by atoms with van der Waals surface area (Å²) in [7, 11) is -3.87. The highest BCUT2D eigenvalue weighted by Crippen LogP contribution is 2.31. The second-order valence-electron chi connectivity index (χ2n) is 6.63. The van der Waals surface area contributed by atoms with Crippen LogP contribution in [0.15, 0.2) is 53.4 Å². The van der Waals surface area contributed by atoms with Crippen molar-refractivity contribution >= 4 is 27.3 Å². The standard InChI is InChI=1S/C20H22N2O5S/c1-13(28(25,26)16-9-7-15(8-10-16)21-14(2)23)20(24)22-18-11-12-27-19-6-4-3-5-17(18)19/h3-10,13,18H,11-12H2,1-2H3,(H,21,23)(H,22,24)/t13-,18+/m1/s1. The number of benzene rings is 2. The fraction of sp³-hybridized carbons (Fsp3) is 0.300. The number of carbonyl (C=O) groups excluding carboxylic acids is 2. The summed E-state index contributed by atoms with van der Waals surface area (Å²) in [5.41, 5.74) is 1.33. The van der Waals surface area contributed by atoms with Gasteiger partial charge in [-0.3, -0.25) is 9.59 Å². The fourth-order valence-electron chi connectivity index (χ4n) is 3.06. The summed E-state index contributed by atoms with van der Waals surface area (Å²) in [6, 6.07) is 12.8. The minimum Gasteiger partial charge on any atom is -0.493 e. The predicted octanol–water partition coefficient (Wildman–Crippen LogP) is 2.45. The van der Waals surface area contributed by atoms with Gasteiger partial charge in [-0.2, -0.15) is 0 Å². The third-order valence-corrected chi connectivity index (χ3v) is 6.69. The molecule has 7 nitrogen and oxygen atoms in total. The van der Waals surface area contributed by atoms with Crippen LogP contribution in [0.25, 0.3) is 0 Å². The molecule has 2 amide bonds. The summed E-state index contributed by atoms with van der Waals surface area (Å²) in [6.45, 7) is 3.19. The van der Waals surface area contributed by atoms with Gasteiger partial charge in [0.2, 0.25) is 11.8 Å². The van der Waals surface area contributed by atoms with E-state index >= 15 is 0 Å². The molecule has 28 heavy (non-hydrogen) atoms.